The van der Waals surface area contributed by atoms with Gasteiger partial charge in [-0.1, -0.05) is 18.2 Å². The first kappa shape index (κ1) is 18.6. The van der Waals surface area contributed by atoms with Crippen molar-refractivity contribution in [3.05, 3.63) is 93.9 Å². The minimum absolute atomic E-state index is 0.0489. The number of rotatable bonds is 6. The summed E-state index contributed by atoms with van der Waals surface area (Å²) in [6.45, 7) is 0. The van der Waals surface area contributed by atoms with Crippen LogP contribution in [0.2, 0.25) is 0 Å². The average molecular weight is 378 g/mol. The summed E-state index contributed by atoms with van der Waals surface area (Å²) in [7, 11) is 0. The summed E-state index contributed by atoms with van der Waals surface area (Å²) in [4.78, 5) is 33.8. The van der Waals surface area contributed by atoms with Crippen LogP contribution in [0.5, 0.6) is 0 Å². The van der Waals surface area contributed by atoms with Crippen molar-refractivity contribution < 1.29 is 24.0 Å². The maximum atomic E-state index is 12.2. The molecule has 0 atom stereocenters. The van der Waals surface area contributed by atoms with Crippen molar-refractivity contribution in [2.24, 2.45) is 0 Å². The standard InChI is InChI=1S/C20H14N2O6/c23-19(14-4-2-1-3-5-14)21-17(20(24)25)12-16-10-11-18(28-16)13-6-8-15(9-7-13)22(26)27/h1-12H,(H,21,23)(H,24,25). The van der Waals surface area contributed by atoms with E-state index in [0.29, 0.717) is 16.9 Å². The molecule has 0 bridgehead atoms. The van der Waals surface area contributed by atoms with E-state index in [-0.39, 0.29) is 17.1 Å². The summed E-state index contributed by atoms with van der Waals surface area (Å²) < 4.78 is 5.58. The number of nitrogens with zero attached hydrogens (tertiary/aromatic N) is 1. The summed E-state index contributed by atoms with van der Waals surface area (Å²) in [5, 5.41) is 22.4. The van der Waals surface area contributed by atoms with E-state index in [4.69, 9.17) is 4.42 Å². The third kappa shape index (κ3) is 4.31. The molecule has 140 valence electrons. The number of nitro benzene ring substituents is 1. The second kappa shape index (κ2) is 8.00. The van der Waals surface area contributed by atoms with Crippen molar-refractivity contribution in [3.63, 3.8) is 0 Å². The van der Waals surface area contributed by atoms with Crippen LogP contribution in [0, 0.1) is 10.1 Å². The Labute approximate surface area is 158 Å². The number of non-ortho nitro benzene ring substituents is 1. The van der Waals surface area contributed by atoms with Crippen molar-refractivity contribution >= 4 is 23.6 Å². The Morgan fingerprint density at radius 2 is 1.68 bits per heavy atom. The van der Waals surface area contributed by atoms with Gasteiger partial charge in [0.25, 0.3) is 11.6 Å². The van der Waals surface area contributed by atoms with E-state index in [1.165, 1.54) is 36.4 Å². The second-order valence-corrected chi connectivity index (χ2v) is 5.69. The number of aliphatic carboxylic acids is 1. The molecule has 3 rings (SSSR count). The molecule has 8 heteroatoms. The van der Waals surface area contributed by atoms with E-state index >= 15 is 0 Å². The number of carboxylic acid groups (broad SMARTS) is 1. The van der Waals surface area contributed by atoms with Crippen molar-refractivity contribution in [2.75, 3.05) is 0 Å². The first-order valence-electron chi connectivity index (χ1n) is 8.10. The molecule has 2 N–H and O–H groups in total. The molecule has 0 saturated heterocycles. The monoisotopic (exact) mass is 378 g/mol. The molecule has 2 aromatic carbocycles. The van der Waals surface area contributed by atoms with E-state index in [2.05, 4.69) is 5.32 Å². The molecule has 0 unspecified atom stereocenters. The van der Waals surface area contributed by atoms with Gasteiger partial charge in [-0.2, -0.15) is 0 Å². The number of carboxylic acids is 1. The maximum absolute atomic E-state index is 12.2. The Morgan fingerprint density at radius 1 is 1.00 bits per heavy atom. The number of hydrogen-bond acceptors (Lipinski definition) is 5. The molecule has 0 aliphatic rings. The van der Waals surface area contributed by atoms with Gasteiger partial charge in [-0.25, -0.2) is 4.79 Å². The molecular weight excluding hydrogens is 364 g/mol. The van der Waals surface area contributed by atoms with E-state index in [9.17, 15) is 24.8 Å². The zero-order chi connectivity index (χ0) is 20.1. The van der Waals surface area contributed by atoms with Crippen LogP contribution in [0.25, 0.3) is 17.4 Å². The minimum Gasteiger partial charge on any atom is -0.477 e. The predicted octanol–water partition coefficient (Wildman–Crippen LogP) is 3.71. The van der Waals surface area contributed by atoms with Gasteiger partial charge in [-0.15, -0.1) is 0 Å². The van der Waals surface area contributed by atoms with Crippen LogP contribution in [0.4, 0.5) is 5.69 Å². The van der Waals surface area contributed by atoms with Gasteiger partial charge in [0, 0.05) is 29.3 Å². The van der Waals surface area contributed by atoms with Gasteiger partial charge in [0.15, 0.2) is 0 Å². The lowest BCUT2D eigenvalue weighted by Crippen LogP contribution is -2.27. The molecule has 0 radical (unpaired) electrons. The van der Waals surface area contributed by atoms with Crippen LogP contribution < -0.4 is 5.32 Å². The second-order valence-electron chi connectivity index (χ2n) is 5.69. The summed E-state index contributed by atoms with van der Waals surface area (Å²) in [6, 6.07) is 17.1. The minimum atomic E-state index is -1.32. The van der Waals surface area contributed by atoms with Gasteiger partial charge in [-0.05, 0) is 36.4 Å². The van der Waals surface area contributed by atoms with E-state index < -0.39 is 16.8 Å². The number of carbonyl (C=O) groups is 2. The number of nitrogens with one attached hydrogen (secondary N) is 1. The summed E-state index contributed by atoms with van der Waals surface area (Å²) >= 11 is 0. The lowest BCUT2D eigenvalue weighted by molar-refractivity contribution is -0.384. The lowest BCUT2D eigenvalue weighted by Gasteiger charge is -2.05. The van der Waals surface area contributed by atoms with Crippen LogP contribution in [0.15, 0.2) is 76.8 Å². The Hall–Kier alpha value is -4.20. The van der Waals surface area contributed by atoms with E-state index in [0.717, 1.165) is 0 Å². The highest BCUT2D eigenvalue weighted by Gasteiger charge is 2.15. The molecule has 0 fully saturated rings. The van der Waals surface area contributed by atoms with Crippen molar-refractivity contribution in [1.29, 1.82) is 0 Å². The fourth-order valence-corrected chi connectivity index (χ4v) is 2.41. The van der Waals surface area contributed by atoms with Crippen LogP contribution in [0.3, 0.4) is 0 Å². The fourth-order valence-electron chi connectivity index (χ4n) is 2.41. The first-order valence-corrected chi connectivity index (χ1v) is 8.10. The summed E-state index contributed by atoms with van der Waals surface area (Å²) in [5.41, 5.74) is 0.516. The quantitative estimate of drug-likeness (QED) is 0.383. The number of furan rings is 1. The van der Waals surface area contributed by atoms with E-state index in [1.807, 2.05) is 0 Å². The molecule has 1 amide bonds. The highest BCUT2D eigenvalue weighted by molar-refractivity contribution is 6.02. The summed E-state index contributed by atoms with van der Waals surface area (Å²) in [6.07, 6.45) is 1.19. The van der Waals surface area contributed by atoms with Crippen LogP contribution in [-0.2, 0) is 4.79 Å². The molecule has 28 heavy (non-hydrogen) atoms. The van der Waals surface area contributed by atoms with Crippen molar-refractivity contribution in [3.8, 4) is 11.3 Å². The zero-order valence-electron chi connectivity index (χ0n) is 14.4. The average Bonchev–Trinajstić information content (AvgIpc) is 3.16. The van der Waals surface area contributed by atoms with E-state index in [1.54, 1.807) is 36.4 Å². The molecule has 0 saturated carbocycles. The highest BCUT2D eigenvalue weighted by Crippen LogP contribution is 2.25. The molecule has 0 aliphatic carbocycles. The SMILES string of the molecule is O=C(O)C(=Cc1ccc(-c2ccc([N+](=O)[O-])cc2)o1)NC(=O)c1ccccc1. The van der Waals surface area contributed by atoms with Gasteiger partial charge in [0.05, 0.1) is 4.92 Å². The number of carbonyl (C=O) groups excluding carboxylic acids is 1. The van der Waals surface area contributed by atoms with Crippen molar-refractivity contribution in [1.82, 2.24) is 5.32 Å². The molecule has 1 aromatic heterocycles. The fraction of sp³-hybridized carbons (Fsp3) is 0. The Kier molecular flexibility index (Phi) is 5.31. The molecule has 0 aliphatic heterocycles. The van der Waals surface area contributed by atoms with Crippen LogP contribution in [0.1, 0.15) is 16.1 Å². The van der Waals surface area contributed by atoms with Gasteiger partial charge < -0.3 is 14.8 Å². The van der Waals surface area contributed by atoms with Crippen LogP contribution in [-0.4, -0.2) is 21.9 Å². The van der Waals surface area contributed by atoms with Gasteiger partial charge in [-0.3, -0.25) is 14.9 Å². The topological polar surface area (TPSA) is 123 Å². The third-order valence-electron chi connectivity index (χ3n) is 3.79. The maximum Gasteiger partial charge on any atom is 0.352 e. The normalized spacial score (nSPS) is 11.1. The number of hydrogen-bond donors (Lipinski definition) is 2. The molecule has 3 aromatic rings. The largest absolute Gasteiger partial charge is 0.477 e. The first-order chi connectivity index (χ1) is 13.4. The highest BCUT2D eigenvalue weighted by atomic mass is 16.6. The molecule has 8 nitrogen and oxygen atoms in total. The number of amides is 1. The lowest BCUT2D eigenvalue weighted by atomic mass is 10.1. The number of benzene rings is 2. The molecule has 1 heterocycles. The van der Waals surface area contributed by atoms with Gasteiger partial charge in [0.2, 0.25) is 0 Å². The molecule has 0 spiro atoms. The van der Waals surface area contributed by atoms with Gasteiger partial charge >= 0.3 is 5.97 Å². The third-order valence-corrected chi connectivity index (χ3v) is 3.79. The predicted molar refractivity (Wildman–Crippen MR) is 100 cm³/mol. The summed E-state index contributed by atoms with van der Waals surface area (Å²) in [5.74, 6) is -1.27. The smallest absolute Gasteiger partial charge is 0.352 e. The van der Waals surface area contributed by atoms with Crippen molar-refractivity contribution in [2.45, 2.75) is 0 Å². The van der Waals surface area contributed by atoms with Crippen LogP contribution >= 0.6 is 0 Å². The Morgan fingerprint density at radius 3 is 2.29 bits per heavy atom. The molecular formula is C20H14N2O6. The number of nitro groups is 1. The Balaban J connectivity index is 1.81. The van der Waals surface area contributed by atoms with Gasteiger partial charge in [0.1, 0.15) is 17.2 Å². The zero-order valence-corrected chi connectivity index (χ0v) is 14.4. The Bertz CT molecular complexity index is 1050.